The van der Waals surface area contributed by atoms with Crippen molar-refractivity contribution in [2.45, 2.75) is 6.42 Å². The average Bonchev–Trinajstić information content (AvgIpc) is 3.06. The molecule has 2 N–H and O–H groups in total. The largest absolute Gasteiger partial charge is 0.330 e. The van der Waals surface area contributed by atoms with Crippen LogP contribution in [0.4, 0.5) is 9.52 Å². The van der Waals surface area contributed by atoms with Crippen LogP contribution in [0.15, 0.2) is 29.6 Å². The van der Waals surface area contributed by atoms with Crippen LogP contribution in [0.2, 0.25) is 0 Å². The van der Waals surface area contributed by atoms with Gasteiger partial charge in [-0.15, -0.1) is 11.3 Å². The van der Waals surface area contributed by atoms with Gasteiger partial charge in [0.05, 0.1) is 5.69 Å². The minimum atomic E-state index is -0.273. The second kappa shape index (κ2) is 5.30. The van der Waals surface area contributed by atoms with E-state index in [1.54, 1.807) is 17.0 Å². The Labute approximate surface area is 120 Å². The molecule has 20 heavy (non-hydrogen) atoms. The number of thiazole rings is 1. The molecule has 1 unspecified atom stereocenters. The number of nitrogens with two attached hydrogens (primary N) is 1. The van der Waals surface area contributed by atoms with Gasteiger partial charge in [0, 0.05) is 23.9 Å². The Morgan fingerprint density at radius 2 is 2.15 bits per heavy atom. The zero-order valence-electron chi connectivity index (χ0n) is 10.8. The van der Waals surface area contributed by atoms with E-state index in [0.29, 0.717) is 24.6 Å². The fourth-order valence-corrected chi connectivity index (χ4v) is 3.13. The van der Waals surface area contributed by atoms with Gasteiger partial charge in [0.25, 0.3) is 0 Å². The Hall–Kier alpha value is -1.79. The van der Waals surface area contributed by atoms with Crippen LogP contribution in [0.5, 0.6) is 0 Å². The molecule has 0 bridgehead atoms. The molecule has 1 aliphatic heterocycles. The van der Waals surface area contributed by atoms with Crippen LogP contribution >= 0.6 is 11.3 Å². The van der Waals surface area contributed by atoms with Crippen LogP contribution < -0.4 is 10.6 Å². The van der Waals surface area contributed by atoms with Gasteiger partial charge in [0.1, 0.15) is 5.82 Å². The molecule has 6 heteroatoms. The highest BCUT2D eigenvalue weighted by molar-refractivity contribution is 7.14. The number of carbonyl (C=O) groups is 1. The molecule has 1 atom stereocenters. The van der Waals surface area contributed by atoms with Crippen molar-refractivity contribution in [3.05, 3.63) is 35.5 Å². The average molecular weight is 291 g/mol. The predicted molar refractivity (Wildman–Crippen MR) is 77.0 cm³/mol. The van der Waals surface area contributed by atoms with Gasteiger partial charge in [-0.3, -0.25) is 9.69 Å². The highest BCUT2D eigenvalue weighted by Gasteiger charge is 2.31. The topological polar surface area (TPSA) is 59.2 Å². The maximum absolute atomic E-state index is 12.9. The SMILES string of the molecule is NCC1CC(=O)N(c2nc(-c3ccc(F)cc3)cs2)C1. The van der Waals surface area contributed by atoms with Gasteiger partial charge in [-0.2, -0.15) is 0 Å². The first-order chi connectivity index (χ1) is 9.67. The van der Waals surface area contributed by atoms with Crippen molar-refractivity contribution in [3.63, 3.8) is 0 Å². The van der Waals surface area contributed by atoms with Crippen LogP contribution in [-0.4, -0.2) is 24.0 Å². The lowest BCUT2D eigenvalue weighted by atomic mass is 10.1. The van der Waals surface area contributed by atoms with Crippen LogP contribution in [0, 0.1) is 11.7 Å². The minimum Gasteiger partial charge on any atom is -0.330 e. The Morgan fingerprint density at radius 3 is 2.80 bits per heavy atom. The first kappa shape index (κ1) is 13.2. The number of nitrogens with zero attached hydrogens (tertiary/aromatic N) is 2. The Morgan fingerprint density at radius 1 is 1.40 bits per heavy atom. The monoisotopic (exact) mass is 291 g/mol. The lowest BCUT2D eigenvalue weighted by Gasteiger charge is -2.11. The summed E-state index contributed by atoms with van der Waals surface area (Å²) in [5.41, 5.74) is 7.22. The van der Waals surface area contributed by atoms with Crippen molar-refractivity contribution in [1.82, 2.24) is 4.98 Å². The number of amides is 1. The maximum atomic E-state index is 12.9. The summed E-state index contributed by atoms with van der Waals surface area (Å²) in [6, 6.07) is 6.17. The molecule has 1 aromatic carbocycles. The molecule has 0 aliphatic carbocycles. The molecule has 4 nitrogen and oxygen atoms in total. The standard InChI is InChI=1S/C14H14FN3OS/c15-11-3-1-10(2-4-11)12-8-20-14(17-12)18-7-9(6-16)5-13(18)19/h1-4,8-9H,5-7,16H2. The Balaban J connectivity index is 1.83. The summed E-state index contributed by atoms with van der Waals surface area (Å²) in [4.78, 5) is 18.1. The molecule has 1 saturated heterocycles. The number of halogens is 1. The maximum Gasteiger partial charge on any atom is 0.229 e. The fraction of sp³-hybridized carbons (Fsp3) is 0.286. The van der Waals surface area contributed by atoms with E-state index in [1.807, 2.05) is 5.38 Å². The zero-order valence-corrected chi connectivity index (χ0v) is 11.6. The zero-order chi connectivity index (χ0) is 14.1. The molecule has 2 heterocycles. The van der Waals surface area contributed by atoms with E-state index in [-0.39, 0.29) is 17.6 Å². The Bertz CT molecular complexity index is 626. The van der Waals surface area contributed by atoms with Gasteiger partial charge in [-0.05, 0) is 36.7 Å². The lowest BCUT2D eigenvalue weighted by molar-refractivity contribution is -0.117. The van der Waals surface area contributed by atoms with Crippen molar-refractivity contribution in [2.24, 2.45) is 11.7 Å². The van der Waals surface area contributed by atoms with Gasteiger partial charge in [-0.1, -0.05) is 0 Å². The second-order valence-electron chi connectivity index (χ2n) is 4.83. The molecule has 3 rings (SSSR count). The van der Waals surface area contributed by atoms with E-state index in [0.717, 1.165) is 11.3 Å². The van der Waals surface area contributed by atoms with Gasteiger partial charge < -0.3 is 5.73 Å². The number of anilines is 1. The van der Waals surface area contributed by atoms with Gasteiger partial charge >= 0.3 is 0 Å². The van der Waals surface area contributed by atoms with E-state index in [1.165, 1.54) is 23.5 Å². The van der Waals surface area contributed by atoms with Gasteiger partial charge in [0.15, 0.2) is 5.13 Å². The fourth-order valence-electron chi connectivity index (χ4n) is 2.27. The van der Waals surface area contributed by atoms with E-state index >= 15 is 0 Å². The third kappa shape index (κ3) is 2.44. The van der Waals surface area contributed by atoms with Crippen molar-refractivity contribution >= 4 is 22.4 Å². The van der Waals surface area contributed by atoms with E-state index in [2.05, 4.69) is 4.98 Å². The molecule has 1 aromatic heterocycles. The predicted octanol–water partition coefficient (Wildman–Crippen LogP) is 2.26. The summed E-state index contributed by atoms with van der Waals surface area (Å²) in [6.45, 7) is 1.14. The number of hydrogen-bond acceptors (Lipinski definition) is 4. The van der Waals surface area contributed by atoms with Crippen molar-refractivity contribution in [2.75, 3.05) is 18.0 Å². The van der Waals surface area contributed by atoms with Crippen LogP contribution in [0.25, 0.3) is 11.3 Å². The van der Waals surface area contributed by atoms with Crippen LogP contribution in [0.3, 0.4) is 0 Å². The summed E-state index contributed by atoms with van der Waals surface area (Å²) in [5, 5.41) is 2.57. The van der Waals surface area contributed by atoms with Crippen LogP contribution in [0.1, 0.15) is 6.42 Å². The number of benzene rings is 1. The van der Waals surface area contributed by atoms with Gasteiger partial charge in [0.2, 0.25) is 5.91 Å². The van der Waals surface area contributed by atoms with Crippen molar-refractivity contribution in [3.8, 4) is 11.3 Å². The number of aromatic nitrogens is 1. The molecule has 1 aliphatic rings. The van der Waals surface area contributed by atoms with E-state index in [9.17, 15) is 9.18 Å². The number of carbonyl (C=O) groups excluding carboxylic acids is 1. The highest BCUT2D eigenvalue weighted by atomic mass is 32.1. The normalized spacial score (nSPS) is 18.8. The molecular formula is C14H14FN3OS. The summed E-state index contributed by atoms with van der Waals surface area (Å²) in [7, 11) is 0. The van der Waals surface area contributed by atoms with Gasteiger partial charge in [-0.25, -0.2) is 9.37 Å². The summed E-state index contributed by atoms with van der Waals surface area (Å²) in [5.74, 6) is 0.00541. The summed E-state index contributed by atoms with van der Waals surface area (Å²) < 4.78 is 12.9. The molecule has 1 fully saturated rings. The quantitative estimate of drug-likeness (QED) is 0.943. The third-order valence-electron chi connectivity index (χ3n) is 3.40. The number of rotatable bonds is 3. The molecule has 0 saturated carbocycles. The lowest BCUT2D eigenvalue weighted by Crippen LogP contribution is -2.25. The summed E-state index contributed by atoms with van der Waals surface area (Å²) in [6.07, 6.45) is 0.488. The molecule has 104 valence electrons. The smallest absolute Gasteiger partial charge is 0.229 e. The van der Waals surface area contributed by atoms with E-state index < -0.39 is 0 Å². The van der Waals surface area contributed by atoms with Crippen LogP contribution in [-0.2, 0) is 4.79 Å². The second-order valence-corrected chi connectivity index (χ2v) is 5.67. The molecule has 0 radical (unpaired) electrons. The Kier molecular flexibility index (Phi) is 3.50. The number of hydrogen-bond donors (Lipinski definition) is 1. The highest BCUT2D eigenvalue weighted by Crippen LogP contribution is 2.31. The minimum absolute atomic E-state index is 0.0699. The molecular weight excluding hydrogens is 277 g/mol. The molecule has 2 aromatic rings. The molecule has 1 amide bonds. The van der Waals surface area contributed by atoms with Crippen molar-refractivity contribution < 1.29 is 9.18 Å². The summed E-state index contributed by atoms with van der Waals surface area (Å²) >= 11 is 1.42. The first-order valence-electron chi connectivity index (χ1n) is 6.39. The first-order valence-corrected chi connectivity index (χ1v) is 7.27. The third-order valence-corrected chi connectivity index (χ3v) is 4.27. The van der Waals surface area contributed by atoms with Crippen molar-refractivity contribution in [1.29, 1.82) is 0 Å². The van der Waals surface area contributed by atoms with E-state index in [4.69, 9.17) is 5.73 Å². The molecule has 0 spiro atoms.